The molecular formula is C36H49FN4O6S. The van der Waals surface area contributed by atoms with Crippen LogP contribution in [0.4, 0.5) is 15.0 Å². The molecule has 10 nitrogen and oxygen atoms in total. The quantitative estimate of drug-likeness (QED) is 0.184. The highest BCUT2D eigenvalue weighted by molar-refractivity contribution is 7.89. The summed E-state index contributed by atoms with van der Waals surface area (Å²) in [5.74, 6) is -1.03. The first kappa shape index (κ1) is 38.5. The zero-order chi connectivity index (χ0) is 35.9. The molecule has 0 radical (unpaired) electrons. The second kappa shape index (κ2) is 15.5. The molecular weight excluding hydrogens is 635 g/mol. The van der Waals surface area contributed by atoms with Crippen LogP contribution in [0.15, 0.2) is 65.8 Å². The number of aromatic nitrogens is 2. The molecule has 262 valence electrons. The highest BCUT2D eigenvalue weighted by atomic mass is 32.2. The number of benzene rings is 1. The van der Waals surface area contributed by atoms with Crippen molar-refractivity contribution in [1.82, 2.24) is 14.7 Å². The molecule has 0 aliphatic carbocycles. The number of halogens is 1. The number of pyridine rings is 2. The van der Waals surface area contributed by atoms with E-state index < -0.39 is 45.9 Å². The summed E-state index contributed by atoms with van der Waals surface area (Å²) in [5, 5.41) is -0.203. The second-order valence-electron chi connectivity index (χ2n) is 14.4. The number of unbranched alkanes of at least 4 members (excludes halogenated alkanes) is 1. The number of nitrogens with zero attached hydrogens (tertiary/aromatic N) is 3. The third-order valence-electron chi connectivity index (χ3n) is 7.28. The van der Waals surface area contributed by atoms with Crippen molar-refractivity contribution < 1.29 is 31.9 Å². The lowest BCUT2D eigenvalue weighted by Gasteiger charge is -2.28. The van der Waals surface area contributed by atoms with Gasteiger partial charge in [0.2, 0.25) is 0 Å². The van der Waals surface area contributed by atoms with Gasteiger partial charge in [0.25, 0.3) is 10.0 Å². The number of nitrogens with one attached hydrogen (secondary N) is 1. The molecule has 0 saturated carbocycles. The predicted molar refractivity (Wildman–Crippen MR) is 184 cm³/mol. The van der Waals surface area contributed by atoms with Gasteiger partial charge >= 0.3 is 12.1 Å². The zero-order valence-corrected chi connectivity index (χ0v) is 30.3. The summed E-state index contributed by atoms with van der Waals surface area (Å²) in [5.41, 5.74) is -0.743. The predicted octanol–water partition coefficient (Wildman–Crippen LogP) is 7.43. The number of rotatable bonds is 13. The second-order valence-corrected chi connectivity index (χ2v) is 16.1. The number of amides is 1. The van der Waals surface area contributed by atoms with Crippen LogP contribution in [0, 0.1) is 5.82 Å². The Morgan fingerprint density at radius 3 is 2.21 bits per heavy atom. The summed E-state index contributed by atoms with van der Waals surface area (Å²) in [4.78, 5) is 35.9. The fraction of sp³-hybridized carbons (Fsp3) is 0.500. The van der Waals surface area contributed by atoms with Crippen LogP contribution >= 0.6 is 0 Å². The minimum Gasteiger partial charge on any atom is -0.459 e. The monoisotopic (exact) mass is 684 g/mol. The van der Waals surface area contributed by atoms with E-state index in [2.05, 4.69) is 21.6 Å². The van der Waals surface area contributed by atoms with Crippen molar-refractivity contribution in [3.8, 4) is 0 Å². The third kappa shape index (κ3) is 11.4. The van der Waals surface area contributed by atoms with Gasteiger partial charge in [0.1, 0.15) is 29.4 Å². The van der Waals surface area contributed by atoms with Crippen molar-refractivity contribution in [2.24, 2.45) is 0 Å². The van der Waals surface area contributed by atoms with Gasteiger partial charge in [0, 0.05) is 6.20 Å². The summed E-state index contributed by atoms with van der Waals surface area (Å²) < 4.78 is 56.3. The molecule has 3 rings (SSSR count). The van der Waals surface area contributed by atoms with E-state index in [1.165, 1.54) is 24.4 Å². The van der Waals surface area contributed by atoms with E-state index in [1.54, 1.807) is 77.9 Å². The van der Waals surface area contributed by atoms with E-state index in [1.807, 2.05) is 13.8 Å². The van der Waals surface area contributed by atoms with Crippen molar-refractivity contribution in [3.63, 3.8) is 0 Å². The van der Waals surface area contributed by atoms with Crippen LogP contribution in [0.5, 0.6) is 0 Å². The molecule has 0 fully saturated rings. The third-order valence-corrected chi connectivity index (χ3v) is 8.67. The van der Waals surface area contributed by atoms with Crippen LogP contribution in [0.25, 0.3) is 0 Å². The molecule has 1 amide bonds. The molecule has 0 aliphatic heterocycles. The summed E-state index contributed by atoms with van der Waals surface area (Å²) in [6.45, 7) is 15.8. The average molecular weight is 685 g/mol. The number of hydrogen-bond acceptors (Lipinski definition) is 8. The minimum absolute atomic E-state index is 0.0214. The van der Waals surface area contributed by atoms with Gasteiger partial charge in [-0.05, 0) is 101 Å². The molecule has 0 saturated heterocycles. The van der Waals surface area contributed by atoms with E-state index in [4.69, 9.17) is 9.47 Å². The van der Waals surface area contributed by atoms with Gasteiger partial charge in [0.15, 0.2) is 5.03 Å². The van der Waals surface area contributed by atoms with Crippen LogP contribution in [0.2, 0.25) is 0 Å². The first-order chi connectivity index (χ1) is 22.2. The standard InChI is InChI=1S/C36H49FN4O6S/c1-10-11-20-36(8,9)26-19-18-25(22-27(26)37)23-29(40-48(44,45)31-17-12-13-21-38-31)28-15-14-16-30(39-28)41(33(43)47-35(5,6)7)24-32(42)46-34(2,3)4/h12-19,21-22,29,40H,10-11,20,23-24H2,1-9H3. The Labute approximate surface area is 284 Å². The highest BCUT2D eigenvalue weighted by Crippen LogP contribution is 2.32. The molecule has 1 atom stereocenters. The summed E-state index contributed by atoms with van der Waals surface area (Å²) >= 11 is 0. The van der Waals surface area contributed by atoms with Crippen LogP contribution in [-0.4, -0.2) is 48.2 Å². The normalized spacial score (nSPS) is 13.1. The lowest BCUT2D eigenvalue weighted by molar-refractivity contribution is -0.153. The molecule has 3 aromatic rings. The molecule has 0 aliphatic rings. The number of ether oxygens (including phenoxy) is 2. The Kier molecular flexibility index (Phi) is 12.5. The Hall–Kier alpha value is -3.90. The van der Waals surface area contributed by atoms with Gasteiger partial charge in [-0.25, -0.2) is 32.3 Å². The van der Waals surface area contributed by atoms with E-state index in [9.17, 15) is 18.0 Å². The average Bonchev–Trinajstić information content (AvgIpc) is 2.97. The molecule has 2 aromatic heterocycles. The summed E-state index contributed by atoms with van der Waals surface area (Å²) in [6, 6.07) is 13.1. The van der Waals surface area contributed by atoms with Gasteiger partial charge in [-0.2, -0.15) is 0 Å². The molecule has 1 N–H and O–H groups in total. The molecule has 1 unspecified atom stereocenters. The maximum atomic E-state index is 15.6. The Morgan fingerprint density at radius 1 is 0.938 bits per heavy atom. The Morgan fingerprint density at radius 2 is 1.62 bits per heavy atom. The minimum atomic E-state index is -4.17. The topological polar surface area (TPSA) is 128 Å². The number of carbonyl (C=O) groups is 2. The van der Waals surface area contributed by atoms with E-state index in [0.29, 0.717) is 11.1 Å². The smallest absolute Gasteiger partial charge is 0.416 e. The summed E-state index contributed by atoms with van der Waals surface area (Å²) in [6.07, 6.45) is 3.32. The number of hydrogen-bond donors (Lipinski definition) is 1. The molecule has 0 bridgehead atoms. The van der Waals surface area contributed by atoms with Crippen LogP contribution < -0.4 is 9.62 Å². The zero-order valence-electron chi connectivity index (χ0n) is 29.5. The van der Waals surface area contributed by atoms with Crippen LogP contribution in [0.3, 0.4) is 0 Å². The Balaban J connectivity index is 2.07. The van der Waals surface area contributed by atoms with Crippen molar-refractivity contribution in [2.45, 2.75) is 116 Å². The maximum absolute atomic E-state index is 15.6. The van der Waals surface area contributed by atoms with E-state index >= 15 is 4.39 Å². The van der Waals surface area contributed by atoms with Crippen LogP contribution in [-0.2, 0) is 36.1 Å². The van der Waals surface area contributed by atoms with E-state index in [0.717, 1.165) is 24.2 Å². The molecule has 1 aromatic carbocycles. The molecule has 0 spiro atoms. The number of sulfonamides is 1. The van der Waals surface area contributed by atoms with Crippen molar-refractivity contribution in [2.75, 3.05) is 11.4 Å². The number of anilines is 1. The number of esters is 1. The fourth-order valence-electron chi connectivity index (χ4n) is 5.03. The molecule has 2 heterocycles. The fourth-order valence-corrected chi connectivity index (χ4v) is 6.18. The van der Waals surface area contributed by atoms with Gasteiger partial charge in [-0.15, -0.1) is 0 Å². The van der Waals surface area contributed by atoms with Gasteiger partial charge in [0.05, 0.1) is 11.7 Å². The highest BCUT2D eigenvalue weighted by Gasteiger charge is 2.31. The number of carbonyl (C=O) groups excluding carboxylic acids is 2. The molecule has 12 heteroatoms. The lowest BCUT2D eigenvalue weighted by Crippen LogP contribution is -2.42. The summed E-state index contributed by atoms with van der Waals surface area (Å²) in [7, 11) is -4.17. The Bertz CT molecular complexity index is 1670. The van der Waals surface area contributed by atoms with Crippen molar-refractivity contribution >= 4 is 27.9 Å². The van der Waals surface area contributed by atoms with Crippen molar-refractivity contribution in [1.29, 1.82) is 0 Å². The van der Waals surface area contributed by atoms with Gasteiger partial charge in [-0.3, -0.25) is 9.69 Å². The van der Waals surface area contributed by atoms with Crippen molar-refractivity contribution in [3.05, 3.63) is 83.4 Å². The largest absolute Gasteiger partial charge is 0.459 e. The SMILES string of the molecule is CCCCC(C)(C)c1ccc(CC(NS(=O)(=O)c2ccccn2)c2cccc(N(CC(=O)OC(C)(C)C)C(=O)OC(C)(C)C)n2)cc1F. The lowest BCUT2D eigenvalue weighted by atomic mass is 9.79. The van der Waals surface area contributed by atoms with Gasteiger partial charge < -0.3 is 9.47 Å². The molecule has 48 heavy (non-hydrogen) atoms. The first-order valence-electron chi connectivity index (χ1n) is 16.1. The van der Waals surface area contributed by atoms with E-state index in [-0.39, 0.29) is 34.2 Å². The maximum Gasteiger partial charge on any atom is 0.416 e. The van der Waals surface area contributed by atoms with Gasteiger partial charge in [-0.1, -0.05) is 57.9 Å². The van der Waals surface area contributed by atoms with Crippen LogP contribution in [0.1, 0.15) is 104 Å². The first-order valence-corrected chi connectivity index (χ1v) is 17.6.